The van der Waals surface area contributed by atoms with E-state index in [1.807, 2.05) is 0 Å². The molecule has 1 aromatic heterocycles. The van der Waals surface area contributed by atoms with Crippen LogP contribution in [-0.4, -0.2) is 35.3 Å². The molecule has 19 heavy (non-hydrogen) atoms. The summed E-state index contributed by atoms with van der Waals surface area (Å²) < 4.78 is 9.89. The van der Waals surface area contributed by atoms with Crippen LogP contribution in [0.4, 0.5) is 5.95 Å². The van der Waals surface area contributed by atoms with E-state index in [0.29, 0.717) is 16.3 Å². The second-order valence-electron chi connectivity index (χ2n) is 3.47. The highest BCUT2D eigenvalue weighted by Crippen LogP contribution is 2.23. The number of rotatable bonds is 4. The number of aromatic nitrogens is 3. The van der Waals surface area contributed by atoms with Crippen LogP contribution in [0.1, 0.15) is 10.4 Å². The van der Waals surface area contributed by atoms with Crippen LogP contribution in [0.5, 0.6) is 11.8 Å². The quantitative estimate of drug-likeness (QED) is 0.891. The van der Waals surface area contributed by atoms with Gasteiger partial charge in [-0.2, -0.15) is 4.98 Å². The minimum Gasteiger partial charge on any atom is -0.496 e. The van der Waals surface area contributed by atoms with Crippen molar-refractivity contribution in [3.63, 3.8) is 0 Å². The van der Waals surface area contributed by atoms with E-state index >= 15 is 0 Å². The van der Waals surface area contributed by atoms with Crippen LogP contribution in [-0.2, 0) is 0 Å². The molecule has 0 saturated carbocycles. The summed E-state index contributed by atoms with van der Waals surface area (Å²) in [5.74, 6) is 0.155. The summed E-state index contributed by atoms with van der Waals surface area (Å²) in [6.07, 6.45) is 0. The third-order valence-electron chi connectivity index (χ3n) is 2.29. The van der Waals surface area contributed by atoms with Crippen molar-refractivity contribution in [3.05, 3.63) is 28.8 Å². The average molecular weight is 283 g/mol. The van der Waals surface area contributed by atoms with Crippen LogP contribution in [0.25, 0.3) is 0 Å². The number of halogens is 1. The molecule has 0 unspecified atom stereocenters. The van der Waals surface area contributed by atoms with Crippen LogP contribution >= 0.6 is 11.6 Å². The number of anilines is 1. The lowest BCUT2D eigenvalue weighted by Gasteiger charge is -2.07. The second kappa shape index (κ2) is 5.57. The first-order chi connectivity index (χ1) is 9.13. The lowest BCUT2D eigenvalue weighted by atomic mass is 10.2. The van der Waals surface area contributed by atoms with E-state index in [0.717, 1.165) is 0 Å². The number of ether oxygens (including phenoxy) is 2. The SMILES string of the molecule is COc1n[nH]c(NC(=O)c2ccc(Cl)cc2OC)n1. The number of carbonyl (C=O) groups is 1. The third kappa shape index (κ3) is 2.94. The van der Waals surface area contributed by atoms with Crippen molar-refractivity contribution in [3.8, 4) is 11.8 Å². The van der Waals surface area contributed by atoms with Gasteiger partial charge in [0.15, 0.2) is 0 Å². The van der Waals surface area contributed by atoms with Crippen molar-refractivity contribution >= 4 is 23.5 Å². The summed E-state index contributed by atoms with van der Waals surface area (Å²) in [7, 11) is 2.89. The van der Waals surface area contributed by atoms with E-state index in [9.17, 15) is 4.79 Å². The molecule has 2 N–H and O–H groups in total. The topological polar surface area (TPSA) is 89.1 Å². The third-order valence-corrected chi connectivity index (χ3v) is 2.52. The molecule has 2 aromatic rings. The number of hydrogen-bond donors (Lipinski definition) is 2. The molecule has 0 aliphatic rings. The predicted molar refractivity (Wildman–Crippen MR) is 68.9 cm³/mol. The normalized spacial score (nSPS) is 10.1. The van der Waals surface area contributed by atoms with Gasteiger partial charge in [0, 0.05) is 5.02 Å². The maximum atomic E-state index is 12.0. The van der Waals surface area contributed by atoms with Crippen molar-refractivity contribution in [1.82, 2.24) is 15.2 Å². The van der Waals surface area contributed by atoms with Crippen molar-refractivity contribution in [2.45, 2.75) is 0 Å². The molecule has 1 aromatic carbocycles. The van der Waals surface area contributed by atoms with Gasteiger partial charge in [-0.1, -0.05) is 11.6 Å². The van der Waals surface area contributed by atoms with Crippen LogP contribution < -0.4 is 14.8 Å². The Kier molecular flexibility index (Phi) is 3.86. The minimum atomic E-state index is -0.396. The highest BCUT2D eigenvalue weighted by Gasteiger charge is 2.14. The Hall–Kier alpha value is -2.28. The van der Waals surface area contributed by atoms with E-state index in [1.54, 1.807) is 18.2 Å². The van der Waals surface area contributed by atoms with E-state index < -0.39 is 5.91 Å². The minimum absolute atomic E-state index is 0.137. The lowest BCUT2D eigenvalue weighted by molar-refractivity contribution is 0.102. The Bertz CT molecular complexity index is 599. The Balaban J connectivity index is 2.20. The first kappa shape index (κ1) is 13.2. The van der Waals surface area contributed by atoms with Gasteiger partial charge < -0.3 is 9.47 Å². The van der Waals surface area contributed by atoms with Crippen molar-refractivity contribution in [2.24, 2.45) is 0 Å². The zero-order valence-corrected chi connectivity index (χ0v) is 11.0. The van der Waals surface area contributed by atoms with Crippen LogP contribution in [0.15, 0.2) is 18.2 Å². The number of nitrogens with zero attached hydrogens (tertiary/aromatic N) is 2. The van der Waals surface area contributed by atoms with E-state index in [2.05, 4.69) is 20.5 Å². The summed E-state index contributed by atoms with van der Waals surface area (Å²) in [6.45, 7) is 0. The van der Waals surface area contributed by atoms with E-state index in [-0.39, 0.29) is 12.0 Å². The van der Waals surface area contributed by atoms with Crippen LogP contribution in [0.3, 0.4) is 0 Å². The van der Waals surface area contributed by atoms with Gasteiger partial charge in [-0.05, 0) is 18.2 Å². The molecular formula is C11H11ClN4O3. The largest absolute Gasteiger partial charge is 0.496 e. The molecule has 0 spiro atoms. The highest BCUT2D eigenvalue weighted by atomic mass is 35.5. The molecule has 0 bridgehead atoms. The fourth-order valence-corrected chi connectivity index (χ4v) is 1.58. The summed E-state index contributed by atoms with van der Waals surface area (Å²) in [5.41, 5.74) is 0.335. The second-order valence-corrected chi connectivity index (χ2v) is 3.91. The molecule has 8 heteroatoms. The smallest absolute Gasteiger partial charge is 0.336 e. The van der Waals surface area contributed by atoms with Gasteiger partial charge in [-0.3, -0.25) is 10.1 Å². The van der Waals surface area contributed by atoms with E-state index in [1.165, 1.54) is 14.2 Å². The summed E-state index contributed by atoms with van der Waals surface area (Å²) in [5, 5.41) is 9.25. The molecule has 2 rings (SSSR count). The first-order valence-electron chi connectivity index (χ1n) is 5.25. The summed E-state index contributed by atoms with van der Waals surface area (Å²) in [6, 6.07) is 4.85. The van der Waals surface area contributed by atoms with Gasteiger partial charge in [-0.15, -0.1) is 5.10 Å². The number of methoxy groups -OCH3 is 2. The number of nitrogens with one attached hydrogen (secondary N) is 2. The number of H-pyrrole nitrogens is 1. The Morgan fingerprint density at radius 3 is 2.79 bits per heavy atom. The summed E-state index contributed by atoms with van der Waals surface area (Å²) >= 11 is 5.83. The van der Waals surface area contributed by atoms with Gasteiger partial charge >= 0.3 is 6.01 Å². The molecule has 0 aliphatic heterocycles. The van der Waals surface area contributed by atoms with Crippen molar-refractivity contribution < 1.29 is 14.3 Å². The fraction of sp³-hybridized carbons (Fsp3) is 0.182. The number of benzene rings is 1. The zero-order chi connectivity index (χ0) is 13.8. The molecule has 0 atom stereocenters. The molecule has 0 aliphatic carbocycles. The molecule has 0 radical (unpaired) electrons. The standard InChI is InChI=1S/C11H11ClN4O3/c1-18-8-5-6(12)3-4-7(8)9(17)13-10-14-11(19-2)16-15-10/h3-5H,1-2H3,(H2,13,14,15,16,17). The Labute approximate surface area is 113 Å². The molecule has 1 amide bonds. The molecular weight excluding hydrogens is 272 g/mol. The lowest BCUT2D eigenvalue weighted by Crippen LogP contribution is -2.14. The average Bonchev–Trinajstić information content (AvgIpc) is 2.86. The van der Waals surface area contributed by atoms with Crippen LogP contribution in [0, 0.1) is 0 Å². The molecule has 100 valence electrons. The molecule has 0 saturated heterocycles. The molecule has 1 heterocycles. The number of hydrogen-bond acceptors (Lipinski definition) is 5. The fourth-order valence-electron chi connectivity index (χ4n) is 1.42. The molecule has 0 fully saturated rings. The van der Waals surface area contributed by atoms with Crippen molar-refractivity contribution in [2.75, 3.05) is 19.5 Å². The van der Waals surface area contributed by atoms with Gasteiger partial charge in [0.05, 0.1) is 19.8 Å². The van der Waals surface area contributed by atoms with Crippen molar-refractivity contribution in [1.29, 1.82) is 0 Å². The Morgan fingerprint density at radius 2 is 2.16 bits per heavy atom. The number of carbonyl (C=O) groups excluding carboxylic acids is 1. The zero-order valence-electron chi connectivity index (χ0n) is 10.2. The Morgan fingerprint density at radius 1 is 1.37 bits per heavy atom. The number of aromatic amines is 1. The number of amides is 1. The van der Waals surface area contributed by atoms with Gasteiger partial charge in [0.1, 0.15) is 5.75 Å². The summed E-state index contributed by atoms with van der Waals surface area (Å²) in [4.78, 5) is 15.9. The predicted octanol–water partition coefficient (Wildman–Crippen LogP) is 1.73. The first-order valence-corrected chi connectivity index (χ1v) is 5.63. The van der Waals surface area contributed by atoms with Crippen LogP contribution in [0.2, 0.25) is 5.02 Å². The maximum absolute atomic E-state index is 12.0. The maximum Gasteiger partial charge on any atom is 0.336 e. The monoisotopic (exact) mass is 282 g/mol. The molecule has 7 nitrogen and oxygen atoms in total. The highest BCUT2D eigenvalue weighted by molar-refractivity contribution is 6.31. The van der Waals surface area contributed by atoms with Gasteiger partial charge in [0.2, 0.25) is 5.95 Å². The van der Waals surface area contributed by atoms with Gasteiger partial charge in [0.25, 0.3) is 5.91 Å². The van der Waals surface area contributed by atoms with Gasteiger partial charge in [-0.25, -0.2) is 5.10 Å². The van der Waals surface area contributed by atoms with E-state index in [4.69, 9.17) is 21.1 Å².